The first kappa shape index (κ1) is 15.5. The van der Waals surface area contributed by atoms with Gasteiger partial charge < -0.3 is 9.53 Å². The van der Waals surface area contributed by atoms with E-state index in [1.807, 2.05) is 50.3 Å². The summed E-state index contributed by atoms with van der Waals surface area (Å²) < 4.78 is 5.92. The first-order valence-electron chi connectivity index (χ1n) is 7.42. The van der Waals surface area contributed by atoms with Crippen LogP contribution in [0.25, 0.3) is 6.08 Å². The van der Waals surface area contributed by atoms with Gasteiger partial charge in [-0.2, -0.15) is 0 Å². The number of hydrogen-bond acceptors (Lipinski definition) is 2. The number of hydrogen-bond donors (Lipinski definition) is 0. The van der Waals surface area contributed by atoms with Gasteiger partial charge in [0.15, 0.2) is 0 Å². The molecule has 2 rings (SSSR count). The van der Waals surface area contributed by atoms with Crippen molar-refractivity contribution in [3.05, 3.63) is 65.8 Å². The number of carbonyl (C=O) groups is 1. The highest BCUT2D eigenvalue weighted by atomic mass is 16.5. The van der Waals surface area contributed by atoms with E-state index in [1.165, 1.54) is 0 Å². The molecule has 2 heteroatoms. The van der Waals surface area contributed by atoms with Gasteiger partial charge in [0.05, 0.1) is 0 Å². The number of benzene rings is 1. The molecule has 0 fully saturated rings. The Morgan fingerprint density at radius 2 is 2.14 bits per heavy atom. The van der Waals surface area contributed by atoms with Gasteiger partial charge in [0.25, 0.3) is 0 Å². The fourth-order valence-electron chi connectivity index (χ4n) is 2.55. The minimum absolute atomic E-state index is 0.101. The predicted octanol–water partition coefficient (Wildman–Crippen LogP) is 4.29. The minimum Gasteiger partial charge on any atom is -0.367 e. The SMILES string of the molecule is CCOC1(C=Cc2ccccc2C(C)C=O)C=CC=CC1. The van der Waals surface area contributed by atoms with E-state index in [0.29, 0.717) is 6.61 Å². The summed E-state index contributed by atoms with van der Waals surface area (Å²) in [5, 5.41) is 0. The van der Waals surface area contributed by atoms with Crippen LogP contribution in [0, 0.1) is 0 Å². The molecule has 2 unspecified atom stereocenters. The highest BCUT2D eigenvalue weighted by molar-refractivity contribution is 5.67. The lowest BCUT2D eigenvalue weighted by molar-refractivity contribution is -0.108. The second-order valence-corrected chi connectivity index (χ2v) is 5.27. The summed E-state index contributed by atoms with van der Waals surface area (Å²) >= 11 is 0. The number of carbonyl (C=O) groups excluding carboxylic acids is 1. The van der Waals surface area contributed by atoms with Gasteiger partial charge in [0.2, 0.25) is 0 Å². The quantitative estimate of drug-likeness (QED) is 0.727. The van der Waals surface area contributed by atoms with E-state index < -0.39 is 0 Å². The maximum absolute atomic E-state index is 11.1. The second kappa shape index (κ2) is 7.19. The van der Waals surface area contributed by atoms with Crippen molar-refractivity contribution >= 4 is 12.4 Å². The number of rotatable bonds is 6. The first-order valence-corrected chi connectivity index (χ1v) is 7.42. The van der Waals surface area contributed by atoms with Gasteiger partial charge in [-0.3, -0.25) is 0 Å². The largest absolute Gasteiger partial charge is 0.367 e. The molecule has 0 heterocycles. The lowest BCUT2D eigenvalue weighted by Crippen LogP contribution is -2.28. The molecular formula is C19H22O2. The molecule has 0 saturated carbocycles. The summed E-state index contributed by atoms with van der Waals surface area (Å²) in [7, 11) is 0. The number of aldehydes is 1. The van der Waals surface area contributed by atoms with Gasteiger partial charge in [-0.25, -0.2) is 0 Å². The van der Waals surface area contributed by atoms with E-state index in [0.717, 1.165) is 23.8 Å². The zero-order valence-corrected chi connectivity index (χ0v) is 12.7. The molecule has 0 bridgehead atoms. The van der Waals surface area contributed by atoms with E-state index in [2.05, 4.69) is 24.3 Å². The van der Waals surface area contributed by atoms with Gasteiger partial charge in [-0.05, 0) is 30.2 Å². The Morgan fingerprint density at radius 1 is 1.33 bits per heavy atom. The Labute approximate surface area is 126 Å². The predicted molar refractivity (Wildman–Crippen MR) is 87.2 cm³/mol. The molecule has 2 nitrogen and oxygen atoms in total. The Bertz CT molecular complexity index is 569. The van der Waals surface area contributed by atoms with Crippen LogP contribution in [-0.4, -0.2) is 18.5 Å². The maximum atomic E-state index is 11.1. The van der Waals surface area contributed by atoms with Crippen molar-refractivity contribution in [1.29, 1.82) is 0 Å². The van der Waals surface area contributed by atoms with Gasteiger partial charge in [0, 0.05) is 18.9 Å². The van der Waals surface area contributed by atoms with Crippen molar-refractivity contribution in [3.63, 3.8) is 0 Å². The molecule has 0 aromatic heterocycles. The molecule has 0 spiro atoms. The lowest BCUT2D eigenvalue weighted by Gasteiger charge is -2.28. The molecular weight excluding hydrogens is 260 g/mol. The molecule has 110 valence electrons. The normalized spacial score (nSPS) is 22.6. The van der Waals surface area contributed by atoms with Crippen LogP contribution < -0.4 is 0 Å². The zero-order valence-electron chi connectivity index (χ0n) is 12.7. The third kappa shape index (κ3) is 3.79. The van der Waals surface area contributed by atoms with E-state index in [4.69, 9.17) is 4.74 Å². The van der Waals surface area contributed by atoms with Crippen molar-refractivity contribution in [2.75, 3.05) is 6.61 Å². The molecule has 1 aliphatic carbocycles. The first-order chi connectivity index (χ1) is 10.2. The molecule has 0 amide bonds. The summed E-state index contributed by atoms with van der Waals surface area (Å²) in [4.78, 5) is 11.1. The van der Waals surface area contributed by atoms with Gasteiger partial charge >= 0.3 is 0 Å². The van der Waals surface area contributed by atoms with Crippen LogP contribution in [0.4, 0.5) is 0 Å². The van der Waals surface area contributed by atoms with Crippen molar-refractivity contribution in [1.82, 2.24) is 0 Å². The average Bonchev–Trinajstić information content (AvgIpc) is 2.54. The van der Waals surface area contributed by atoms with Gasteiger partial charge in [0.1, 0.15) is 11.9 Å². The van der Waals surface area contributed by atoms with E-state index >= 15 is 0 Å². The molecule has 1 aromatic rings. The van der Waals surface area contributed by atoms with Crippen LogP contribution in [0.5, 0.6) is 0 Å². The van der Waals surface area contributed by atoms with Gasteiger partial charge in [-0.15, -0.1) is 0 Å². The summed E-state index contributed by atoms with van der Waals surface area (Å²) in [5.41, 5.74) is 1.74. The molecule has 0 radical (unpaired) electrons. The van der Waals surface area contributed by atoms with E-state index in [-0.39, 0.29) is 11.5 Å². The Balaban J connectivity index is 2.29. The van der Waals surface area contributed by atoms with E-state index in [1.54, 1.807) is 0 Å². The lowest BCUT2D eigenvalue weighted by atomic mass is 9.91. The van der Waals surface area contributed by atoms with Crippen LogP contribution in [0.3, 0.4) is 0 Å². The third-order valence-electron chi connectivity index (χ3n) is 3.71. The van der Waals surface area contributed by atoms with Crippen molar-refractivity contribution < 1.29 is 9.53 Å². The standard InChI is InChI=1S/C19H22O2/c1-3-21-19(12-7-4-8-13-19)14-11-17-9-5-6-10-18(17)16(2)15-20/h4-12,14-16H,3,13H2,1-2H3. The van der Waals surface area contributed by atoms with E-state index in [9.17, 15) is 4.79 Å². The average molecular weight is 282 g/mol. The summed E-state index contributed by atoms with van der Waals surface area (Å²) in [6, 6.07) is 8.00. The number of allylic oxidation sites excluding steroid dienone is 2. The zero-order chi connectivity index (χ0) is 15.1. The molecule has 0 saturated heterocycles. The maximum Gasteiger partial charge on any atom is 0.127 e. The van der Waals surface area contributed by atoms with Crippen LogP contribution >= 0.6 is 0 Å². The van der Waals surface area contributed by atoms with Crippen LogP contribution in [0.2, 0.25) is 0 Å². The summed E-state index contributed by atoms with van der Waals surface area (Å²) in [5.74, 6) is -0.101. The van der Waals surface area contributed by atoms with Crippen LogP contribution in [-0.2, 0) is 9.53 Å². The minimum atomic E-state index is -0.374. The van der Waals surface area contributed by atoms with Crippen LogP contribution in [0.15, 0.2) is 54.6 Å². The monoisotopic (exact) mass is 282 g/mol. The molecule has 1 aromatic carbocycles. The fourth-order valence-corrected chi connectivity index (χ4v) is 2.55. The molecule has 0 aliphatic heterocycles. The second-order valence-electron chi connectivity index (χ2n) is 5.27. The molecule has 1 aliphatic rings. The molecule has 0 N–H and O–H groups in total. The Kier molecular flexibility index (Phi) is 5.29. The molecule has 2 atom stereocenters. The fraction of sp³-hybridized carbons (Fsp3) is 0.316. The summed E-state index contributed by atoms with van der Waals surface area (Å²) in [6.07, 6.45) is 14.2. The van der Waals surface area contributed by atoms with Gasteiger partial charge in [-0.1, -0.05) is 55.5 Å². The topological polar surface area (TPSA) is 26.3 Å². The highest BCUT2D eigenvalue weighted by Crippen LogP contribution is 2.27. The summed E-state index contributed by atoms with van der Waals surface area (Å²) in [6.45, 7) is 4.58. The smallest absolute Gasteiger partial charge is 0.127 e. The van der Waals surface area contributed by atoms with Crippen LogP contribution in [0.1, 0.15) is 37.3 Å². The number of ether oxygens (including phenoxy) is 1. The third-order valence-corrected chi connectivity index (χ3v) is 3.71. The Morgan fingerprint density at radius 3 is 2.81 bits per heavy atom. The Hall–Kier alpha value is -1.93. The van der Waals surface area contributed by atoms with Crippen molar-refractivity contribution in [3.8, 4) is 0 Å². The van der Waals surface area contributed by atoms with Crippen molar-refractivity contribution in [2.45, 2.75) is 31.8 Å². The van der Waals surface area contributed by atoms with Crippen molar-refractivity contribution in [2.24, 2.45) is 0 Å². The highest BCUT2D eigenvalue weighted by Gasteiger charge is 2.24. The molecule has 21 heavy (non-hydrogen) atoms.